The normalized spacial score (nSPS) is 14.4. The molecule has 0 unspecified atom stereocenters. The number of nitrogens with zero attached hydrogens (tertiary/aromatic N) is 3. The van der Waals surface area contributed by atoms with Crippen LogP contribution in [-0.4, -0.2) is 77.9 Å². The van der Waals surface area contributed by atoms with E-state index in [0.29, 0.717) is 0 Å². The number of guanidine groups is 1. The predicted octanol–water partition coefficient (Wildman–Crippen LogP) is 3.24. The van der Waals surface area contributed by atoms with E-state index >= 15 is 0 Å². The summed E-state index contributed by atoms with van der Waals surface area (Å²) in [6.07, 6.45) is 1.98. The zero-order valence-electron chi connectivity index (χ0n) is 20.0. The number of benzene rings is 2. The van der Waals surface area contributed by atoms with Crippen LogP contribution in [0.3, 0.4) is 0 Å². The lowest BCUT2D eigenvalue weighted by atomic mass is 10.1. The fraction of sp³-hybridized carbons (Fsp3) is 0.480. The quantitative estimate of drug-likeness (QED) is 0.199. The molecule has 1 fully saturated rings. The van der Waals surface area contributed by atoms with Gasteiger partial charge in [-0.25, -0.2) is 0 Å². The Morgan fingerprint density at radius 2 is 1.61 bits per heavy atom. The molecule has 7 nitrogen and oxygen atoms in total. The molecule has 2 N–H and O–H groups in total. The van der Waals surface area contributed by atoms with Crippen LogP contribution in [0.2, 0.25) is 0 Å². The molecule has 0 aliphatic carbocycles. The van der Waals surface area contributed by atoms with Gasteiger partial charge in [-0.05, 0) is 49.2 Å². The fourth-order valence-electron chi connectivity index (χ4n) is 3.96. The third-order valence-corrected chi connectivity index (χ3v) is 5.81. The summed E-state index contributed by atoms with van der Waals surface area (Å²) in [7, 11) is 5.13. The van der Waals surface area contributed by atoms with Crippen LogP contribution >= 0.6 is 24.0 Å². The van der Waals surface area contributed by atoms with Crippen molar-refractivity contribution in [3.8, 4) is 11.5 Å². The zero-order chi connectivity index (χ0) is 22.6. The first-order valence-electron chi connectivity index (χ1n) is 11.4. The Morgan fingerprint density at radius 3 is 2.27 bits per heavy atom. The molecule has 1 heterocycles. The number of nitrogens with one attached hydrogen (secondary N) is 2. The van der Waals surface area contributed by atoms with E-state index in [0.717, 1.165) is 76.1 Å². The van der Waals surface area contributed by atoms with E-state index in [1.54, 1.807) is 14.2 Å². The number of anilines is 1. The third-order valence-electron chi connectivity index (χ3n) is 5.81. The molecule has 8 heteroatoms. The van der Waals surface area contributed by atoms with Crippen LogP contribution in [0.1, 0.15) is 12.0 Å². The molecule has 3 rings (SSSR count). The molecular weight excluding hydrogens is 529 g/mol. The van der Waals surface area contributed by atoms with Gasteiger partial charge in [0.2, 0.25) is 0 Å². The predicted molar refractivity (Wildman–Crippen MR) is 148 cm³/mol. The van der Waals surface area contributed by atoms with E-state index in [1.165, 1.54) is 11.3 Å². The molecule has 2 aromatic carbocycles. The number of rotatable bonds is 10. The lowest BCUT2D eigenvalue weighted by Crippen LogP contribution is -2.47. The second-order valence-corrected chi connectivity index (χ2v) is 7.88. The SMILES string of the molecule is CN=C(NCCCN1CCN(c2ccccc2)CC1)NCCc1ccc(OC)c(OC)c1.I. The average Bonchev–Trinajstić information content (AvgIpc) is 2.86. The summed E-state index contributed by atoms with van der Waals surface area (Å²) in [6.45, 7) is 7.25. The largest absolute Gasteiger partial charge is 0.493 e. The van der Waals surface area contributed by atoms with Crippen molar-refractivity contribution in [1.82, 2.24) is 15.5 Å². The van der Waals surface area contributed by atoms with E-state index in [9.17, 15) is 0 Å². The Kier molecular flexibility index (Phi) is 12.2. The van der Waals surface area contributed by atoms with E-state index < -0.39 is 0 Å². The Hall–Kier alpha value is -2.20. The standard InChI is InChI=1S/C25H37N5O2.HI/c1-26-25(28-14-12-21-10-11-23(31-2)24(20-21)32-3)27-13-7-15-29-16-18-30(19-17-29)22-8-5-4-6-9-22;/h4-6,8-11,20H,7,12-19H2,1-3H3,(H2,26,27,28);1H. The maximum Gasteiger partial charge on any atom is 0.190 e. The van der Waals surface area contributed by atoms with Crippen molar-refractivity contribution in [3.05, 3.63) is 54.1 Å². The molecule has 182 valence electrons. The number of piperazine rings is 1. The first kappa shape index (κ1) is 27.0. The highest BCUT2D eigenvalue weighted by molar-refractivity contribution is 14.0. The van der Waals surface area contributed by atoms with Crippen molar-refractivity contribution in [2.24, 2.45) is 4.99 Å². The number of halogens is 1. The summed E-state index contributed by atoms with van der Waals surface area (Å²) < 4.78 is 10.7. The Bertz CT molecular complexity index is 842. The summed E-state index contributed by atoms with van der Waals surface area (Å²) >= 11 is 0. The summed E-state index contributed by atoms with van der Waals surface area (Å²) in [5.41, 5.74) is 2.53. The molecule has 1 aliphatic rings. The van der Waals surface area contributed by atoms with Gasteiger partial charge in [0.1, 0.15) is 0 Å². The smallest absolute Gasteiger partial charge is 0.190 e. The Balaban J connectivity index is 0.00000385. The minimum atomic E-state index is 0. The van der Waals surface area contributed by atoms with Crippen LogP contribution in [0.15, 0.2) is 53.5 Å². The number of para-hydroxylation sites is 1. The second-order valence-electron chi connectivity index (χ2n) is 7.88. The van der Waals surface area contributed by atoms with Crippen LogP contribution in [-0.2, 0) is 6.42 Å². The molecule has 0 amide bonds. The molecule has 0 radical (unpaired) electrons. The number of hydrogen-bond donors (Lipinski definition) is 2. The van der Waals surface area contributed by atoms with Crippen molar-refractivity contribution in [1.29, 1.82) is 0 Å². The molecule has 2 aromatic rings. The first-order chi connectivity index (χ1) is 15.7. The number of hydrogen-bond acceptors (Lipinski definition) is 5. The first-order valence-corrected chi connectivity index (χ1v) is 11.4. The molecule has 0 saturated carbocycles. The van der Waals surface area contributed by atoms with Crippen molar-refractivity contribution >= 4 is 35.6 Å². The molecule has 0 aromatic heterocycles. The Morgan fingerprint density at radius 1 is 0.909 bits per heavy atom. The zero-order valence-corrected chi connectivity index (χ0v) is 22.4. The lowest BCUT2D eigenvalue weighted by Gasteiger charge is -2.36. The highest BCUT2D eigenvalue weighted by atomic mass is 127. The molecule has 0 atom stereocenters. The number of aliphatic imine (C=N–C) groups is 1. The molecule has 1 saturated heterocycles. The number of methoxy groups -OCH3 is 2. The lowest BCUT2D eigenvalue weighted by molar-refractivity contribution is 0.255. The summed E-state index contributed by atoms with van der Waals surface area (Å²) in [6, 6.07) is 16.7. The van der Waals surface area contributed by atoms with Crippen LogP contribution < -0.4 is 25.0 Å². The summed E-state index contributed by atoms with van der Waals surface area (Å²) in [5, 5.41) is 6.82. The number of ether oxygens (including phenoxy) is 2. The maximum atomic E-state index is 5.38. The highest BCUT2D eigenvalue weighted by Gasteiger charge is 2.16. The van der Waals surface area contributed by atoms with Crippen LogP contribution in [0.5, 0.6) is 11.5 Å². The van der Waals surface area contributed by atoms with Gasteiger partial charge in [0.15, 0.2) is 17.5 Å². The van der Waals surface area contributed by atoms with Crippen molar-refractivity contribution in [2.45, 2.75) is 12.8 Å². The van der Waals surface area contributed by atoms with Gasteiger partial charge in [-0.2, -0.15) is 0 Å². The summed E-state index contributed by atoms with van der Waals surface area (Å²) in [4.78, 5) is 9.36. The molecule has 1 aliphatic heterocycles. The molecule has 0 bridgehead atoms. The van der Waals surface area contributed by atoms with Gasteiger partial charge < -0.3 is 25.0 Å². The van der Waals surface area contributed by atoms with Crippen LogP contribution in [0.25, 0.3) is 0 Å². The fourth-order valence-corrected chi connectivity index (χ4v) is 3.96. The van der Waals surface area contributed by atoms with Crippen molar-refractivity contribution in [2.75, 3.05) is 72.0 Å². The van der Waals surface area contributed by atoms with Gasteiger partial charge >= 0.3 is 0 Å². The van der Waals surface area contributed by atoms with Gasteiger partial charge in [-0.3, -0.25) is 9.89 Å². The molecule has 0 spiro atoms. The maximum absolute atomic E-state index is 5.38. The average molecular weight is 568 g/mol. The van der Waals surface area contributed by atoms with Crippen molar-refractivity contribution in [3.63, 3.8) is 0 Å². The van der Waals surface area contributed by atoms with Crippen LogP contribution in [0, 0.1) is 0 Å². The third kappa shape index (κ3) is 8.58. The van der Waals surface area contributed by atoms with Gasteiger partial charge in [0, 0.05) is 52.0 Å². The van der Waals surface area contributed by atoms with Gasteiger partial charge in [-0.15, -0.1) is 24.0 Å². The van der Waals surface area contributed by atoms with E-state index in [4.69, 9.17) is 9.47 Å². The minimum absolute atomic E-state index is 0. The molecular formula is C25H38IN5O2. The van der Waals surface area contributed by atoms with Crippen LogP contribution in [0.4, 0.5) is 5.69 Å². The Labute approximate surface area is 215 Å². The molecule has 33 heavy (non-hydrogen) atoms. The summed E-state index contributed by atoms with van der Waals surface area (Å²) in [5.74, 6) is 2.36. The monoisotopic (exact) mass is 567 g/mol. The highest BCUT2D eigenvalue weighted by Crippen LogP contribution is 2.27. The van der Waals surface area contributed by atoms with E-state index in [2.05, 4.69) is 61.8 Å². The second kappa shape index (κ2) is 14.8. The van der Waals surface area contributed by atoms with Crippen molar-refractivity contribution < 1.29 is 9.47 Å². The van der Waals surface area contributed by atoms with Gasteiger partial charge in [0.25, 0.3) is 0 Å². The topological polar surface area (TPSA) is 61.4 Å². The van der Waals surface area contributed by atoms with Gasteiger partial charge in [0.05, 0.1) is 14.2 Å². The van der Waals surface area contributed by atoms with E-state index in [1.807, 2.05) is 19.2 Å². The minimum Gasteiger partial charge on any atom is -0.493 e. The van der Waals surface area contributed by atoms with E-state index in [-0.39, 0.29) is 24.0 Å². The van der Waals surface area contributed by atoms with Gasteiger partial charge in [-0.1, -0.05) is 24.3 Å².